The molecule has 1 N–H and O–H groups in total. The number of aliphatic hydroxyl groups excluding tert-OH is 1. The van der Waals surface area contributed by atoms with Crippen LogP contribution in [0.5, 0.6) is 0 Å². The lowest BCUT2D eigenvalue weighted by Gasteiger charge is -2.25. The topological polar surface area (TPSA) is 23.5 Å². The van der Waals surface area contributed by atoms with Gasteiger partial charge in [0, 0.05) is 10.5 Å². The number of aliphatic hydroxyl groups is 1. The Bertz CT molecular complexity index is 828. The van der Waals surface area contributed by atoms with E-state index in [0.29, 0.717) is 0 Å². The van der Waals surface area contributed by atoms with Gasteiger partial charge in [-0.2, -0.15) is 0 Å². The molecule has 0 amide bonds. The fraction of sp³-hybridized carbons (Fsp3) is 0.263. The van der Waals surface area contributed by atoms with Crippen LogP contribution in [0.4, 0.5) is 0 Å². The maximum atomic E-state index is 10.6. The van der Waals surface area contributed by atoms with E-state index in [4.69, 9.17) is 0 Å². The third-order valence-corrected chi connectivity index (χ3v) is 5.10. The average molecular weight is 358 g/mol. The summed E-state index contributed by atoms with van der Waals surface area (Å²) in [5.41, 5.74) is 0.959. The smallest absolute Gasteiger partial charge is 0.0942 e. The van der Waals surface area contributed by atoms with Crippen molar-refractivity contribution in [2.75, 3.05) is 14.1 Å². The first kappa shape index (κ1) is 15.5. The number of likely N-dealkylation sites (N-methyl/N-ethyl adjacent to an activating group) is 1. The van der Waals surface area contributed by atoms with Crippen molar-refractivity contribution < 1.29 is 5.11 Å². The molecule has 0 radical (unpaired) electrons. The molecular formula is C19H20BrNO. The molecule has 0 aromatic heterocycles. The second kappa shape index (κ2) is 5.99. The third kappa shape index (κ3) is 2.65. The molecule has 114 valence electrons. The highest BCUT2D eigenvalue weighted by Gasteiger charge is 2.18. The number of fused-ring (bicyclic) bond motifs is 3. The fourth-order valence-electron chi connectivity index (χ4n) is 2.82. The van der Waals surface area contributed by atoms with Crippen LogP contribution >= 0.6 is 15.9 Å². The Morgan fingerprint density at radius 2 is 1.64 bits per heavy atom. The third-order valence-electron chi connectivity index (χ3n) is 4.45. The SMILES string of the molecule is C[C@@H]([C@H](O)c1ccc2cc(Br)c3ccccc3c2c1)N(C)C. The summed E-state index contributed by atoms with van der Waals surface area (Å²) < 4.78 is 1.10. The maximum Gasteiger partial charge on any atom is 0.0942 e. The van der Waals surface area contributed by atoms with Crippen molar-refractivity contribution in [1.29, 1.82) is 0 Å². The molecule has 2 nitrogen and oxygen atoms in total. The van der Waals surface area contributed by atoms with Gasteiger partial charge in [0.1, 0.15) is 0 Å². The standard InChI is InChI=1S/C19H20BrNO/c1-12(21(2)3)19(22)14-9-8-13-11-18(20)16-7-5-4-6-15(16)17(13)10-14/h4-12,19,22H,1-3H3/t12-,19-/m0/s1. The van der Waals surface area contributed by atoms with E-state index in [-0.39, 0.29) is 6.04 Å². The predicted molar refractivity (Wildman–Crippen MR) is 97.3 cm³/mol. The van der Waals surface area contributed by atoms with Crippen molar-refractivity contribution in [2.24, 2.45) is 0 Å². The highest BCUT2D eigenvalue weighted by atomic mass is 79.9. The molecule has 0 saturated carbocycles. The molecule has 2 atom stereocenters. The highest BCUT2D eigenvalue weighted by molar-refractivity contribution is 9.10. The van der Waals surface area contributed by atoms with E-state index >= 15 is 0 Å². The van der Waals surface area contributed by atoms with Crippen molar-refractivity contribution in [2.45, 2.75) is 19.1 Å². The molecule has 0 fully saturated rings. The summed E-state index contributed by atoms with van der Waals surface area (Å²) >= 11 is 3.65. The Hall–Kier alpha value is -1.42. The summed E-state index contributed by atoms with van der Waals surface area (Å²) in [7, 11) is 3.98. The largest absolute Gasteiger partial charge is 0.387 e. The van der Waals surface area contributed by atoms with Gasteiger partial charge >= 0.3 is 0 Å². The molecule has 0 aliphatic rings. The van der Waals surface area contributed by atoms with Gasteiger partial charge in [-0.15, -0.1) is 0 Å². The van der Waals surface area contributed by atoms with Gasteiger partial charge in [-0.05, 0) is 60.3 Å². The first-order valence-electron chi connectivity index (χ1n) is 7.44. The summed E-state index contributed by atoms with van der Waals surface area (Å²) in [6, 6.07) is 16.8. The van der Waals surface area contributed by atoms with Crippen molar-refractivity contribution in [1.82, 2.24) is 4.90 Å². The van der Waals surface area contributed by atoms with Crippen molar-refractivity contribution in [3.63, 3.8) is 0 Å². The van der Waals surface area contributed by atoms with Crippen LogP contribution in [0.1, 0.15) is 18.6 Å². The minimum Gasteiger partial charge on any atom is -0.387 e. The lowest BCUT2D eigenvalue weighted by molar-refractivity contribution is 0.0860. The average Bonchev–Trinajstić information content (AvgIpc) is 2.53. The van der Waals surface area contributed by atoms with Crippen LogP contribution in [0.15, 0.2) is 53.0 Å². The second-order valence-corrected chi connectivity index (χ2v) is 6.89. The zero-order valence-electron chi connectivity index (χ0n) is 13.0. The molecular weight excluding hydrogens is 338 g/mol. The first-order valence-corrected chi connectivity index (χ1v) is 8.23. The van der Waals surface area contributed by atoms with Gasteiger partial charge in [0.15, 0.2) is 0 Å². The molecule has 3 aromatic rings. The number of hydrogen-bond donors (Lipinski definition) is 1. The van der Waals surface area contributed by atoms with E-state index in [1.165, 1.54) is 21.5 Å². The van der Waals surface area contributed by atoms with Crippen molar-refractivity contribution in [3.8, 4) is 0 Å². The zero-order chi connectivity index (χ0) is 15.9. The Labute approximate surface area is 139 Å². The Kier molecular flexibility index (Phi) is 4.22. The van der Waals surface area contributed by atoms with Crippen LogP contribution in [0.3, 0.4) is 0 Å². The minimum atomic E-state index is -0.498. The van der Waals surface area contributed by atoms with Crippen LogP contribution in [-0.2, 0) is 0 Å². The van der Waals surface area contributed by atoms with E-state index in [1.54, 1.807) is 0 Å². The van der Waals surface area contributed by atoms with E-state index in [1.807, 2.05) is 38.1 Å². The molecule has 3 heteroatoms. The van der Waals surface area contributed by atoms with Crippen LogP contribution < -0.4 is 0 Å². The Balaban J connectivity index is 2.21. The van der Waals surface area contributed by atoms with Crippen LogP contribution in [0.25, 0.3) is 21.5 Å². The number of nitrogens with zero attached hydrogens (tertiary/aromatic N) is 1. The van der Waals surface area contributed by atoms with Gasteiger partial charge in [0.25, 0.3) is 0 Å². The lowest BCUT2D eigenvalue weighted by Crippen LogP contribution is -2.30. The molecule has 22 heavy (non-hydrogen) atoms. The minimum absolute atomic E-state index is 0.0687. The molecule has 0 spiro atoms. The monoisotopic (exact) mass is 357 g/mol. The number of rotatable bonds is 3. The summed E-state index contributed by atoms with van der Waals surface area (Å²) in [6.07, 6.45) is -0.498. The quantitative estimate of drug-likeness (QED) is 0.684. The number of hydrogen-bond acceptors (Lipinski definition) is 2. The normalized spacial score (nSPS) is 14.6. The molecule has 0 aliphatic heterocycles. The van der Waals surface area contributed by atoms with Gasteiger partial charge in [-0.25, -0.2) is 0 Å². The summed E-state index contributed by atoms with van der Waals surface area (Å²) in [5.74, 6) is 0. The van der Waals surface area contributed by atoms with E-state index < -0.39 is 6.10 Å². The molecule has 0 aliphatic carbocycles. The Morgan fingerprint density at radius 1 is 0.955 bits per heavy atom. The van der Waals surface area contributed by atoms with Gasteiger partial charge in [0.2, 0.25) is 0 Å². The highest BCUT2D eigenvalue weighted by Crippen LogP contribution is 2.33. The molecule has 0 bridgehead atoms. The van der Waals surface area contributed by atoms with Crippen molar-refractivity contribution in [3.05, 3.63) is 58.6 Å². The van der Waals surface area contributed by atoms with Crippen LogP contribution in [-0.4, -0.2) is 30.1 Å². The van der Waals surface area contributed by atoms with Gasteiger partial charge < -0.3 is 10.0 Å². The van der Waals surface area contributed by atoms with Gasteiger partial charge in [-0.1, -0.05) is 52.3 Å². The molecule has 3 rings (SSSR count). The lowest BCUT2D eigenvalue weighted by atomic mass is 9.96. The van der Waals surface area contributed by atoms with Gasteiger partial charge in [0.05, 0.1) is 6.10 Å². The Morgan fingerprint density at radius 3 is 2.32 bits per heavy atom. The van der Waals surface area contributed by atoms with E-state index in [2.05, 4.69) is 52.3 Å². The number of halogens is 1. The summed E-state index contributed by atoms with van der Waals surface area (Å²) in [6.45, 7) is 2.04. The molecule has 0 unspecified atom stereocenters. The van der Waals surface area contributed by atoms with E-state index in [9.17, 15) is 5.11 Å². The van der Waals surface area contributed by atoms with Crippen LogP contribution in [0.2, 0.25) is 0 Å². The zero-order valence-corrected chi connectivity index (χ0v) is 14.6. The van der Waals surface area contributed by atoms with E-state index in [0.717, 1.165) is 10.0 Å². The summed E-state index contributed by atoms with van der Waals surface area (Å²) in [5, 5.41) is 15.4. The number of benzene rings is 3. The maximum absolute atomic E-state index is 10.6. The predicted octanol–water partition coefficient (Wildman–Crippen LogP) is 4.74. The molecule has 0 saturated heterocycles. The fourth-order valence-corrected chi connectivity index (χ4v) is 3.41. The molecule has 3 aromatic carbocycles. The molecule has 0 heterocycles. The van der Waals surface area contributed by atoms with Crippen molar-refractivity contribution >= 4 is 37.5 Å². The summed E-state index contributed by atoms with van der Waals surface area (Å²) in [4.78, 5) is 2.04. The van der Waals surface area contributed by atoms with Gasteiger partial charge in [-0.3, -0.25) is 0 Å². The van der Waals surface area contributed by atoms with Crippen LogP contribution in [0, 0.1) is 0 Å². The second-order valence-electron chi connectivity index (χ2n) is 6.03. The first-order chi connectivity index (χ1) is 10.5.